The number of urea groups is 1. The van der Waals surface area contributed by atoms with Gasteiger partial charge < -0.3 is 25.3 Å². The molecule has 0 unspecified atom stereocenters. The summed E-state index contributed by atoms with van der Waals surface area (Å²) in [6, 6.07) is 5.26. The molecule has 0 aliphatic rings. The number of imidazole rings is 1. The van der Waals surface area contributed by atoms with Gasteiger partial charge in [0.05, 0.1) is 12.1 Å². The van der Waals surface area contributed by atoms with Crippen molar-refractivity contribution in [3.8, 4) is 5.75 Å². The van der Waals surface area contributed by atoms with Gasteiger partial charge in [-0.15, -0.1) is 0 Å². The van der Waals surface area contributed by atoms with Crippen molar-refractivity contribution >= 4 is 29.3 Å². The van der Waals surface area contributed by atoms with Gasteiger partial charge in [0.15, 0.2) is 4.77 Å². The lowest BCUT2D eigenvalue weighted by Crippen LogP contribution is -2.32. The highest BCUT2D eigenvalue weighted by molar-refractivity contribution is 7.71. The fraction of sp³-hybridized carbons (Fsp3) is 0.385. The number of H-pyrrole nitrogens is 1. The van der Waals surface area contributed by atoms with Crippen molar-refractivity contribution in [3.05, 3.63) is 23.0 Å². The lowest BCUT2D eigenvalue weighted by molar-refractivity contribution is 0.248. The molecule has 20 heavy (non-hydrogen) atoms. The summed E-state index contributed by atoms with van der Waals surface area (Å²) in [6.45, 7) is 3.70. The minimum atomic E-state index is -0.539. The van der Waals surface area contributed by atoms with Crippen LogP contribution in [0.3, 0.4) is 0 Å². The van der Waals surface area contributed by atoms with Crippen LogP contribution in [0, 0.1) is 4.77 Å². The van der Waals surface area contributed by atoms with Gasteiger partial charge in [-0.3, -0.25) is 0 Å². The van der Waals surface area contributed by atoms with Crippen molar-refractivity contribution in [3.63, 3.8) is 0 Å². The minimum absolute atomic E-state index is 0.427. The molecule has 0 atom stereocenters. The summed E-state index contributed by atoms with van der Waals surface area (Å²) >= 11 is 5.31. The van der Waals surface area contributed by atoms with Crippen LogP contribution in [0.2, 0.25) is 0 Å². The molecule has 6 nitrogen and oxygen atoms in total. The molecule has 2 aromatic rings. The number of aromatic nitrogens is 2. The number of nitrogens with two attached hydrogens (primary N) is 1. The van der Waals surface area contributed by atoms with E-state index in [4.69, 9.17) is 22.7 Å². The maximum Gasteiger partial charge on any atom is 0.312 e. The summed E-state index contributed by atoms with van der Waals surface area (Å²) in [4.78, 5) is 13.8. The number of carbonyl (C=O) groups excluding carboxylic acids is 1. The summed E-state index contributed by atoms with van der Waals surface area (Å²) in [7, 11) is 0. The predicted octanol–water partition coefficient (Wildman–Crippen LogP) is 2.16. The number of amides is 2. The molecule has 0 fully saturated rings. The van der Waals surface area contributed by atoms with Crippen LogP contribution in [-0.2, 0) is 6.54 Å². The first kappa shape index (κ1) is 14.4. The summed E-state index contributed by atoms with van der Waals surface area (Å²) < 4.78 is 8.21. The van der Waals surface area contributed by atoms with Crippen LogP contribution in [0.15, 0.2) is 18.2 Å². The quantitative estimate of drug-likeness (QED) is 0.714. The van der Waals surface area contributed by atoms with E-state index < -0.39 is 6.03 Å². The number of aromatic amines is 1. The minimum Gasteiger partial charge on any atom is -0.491 e. The summed E-state index contributed by atoms with van der Waals surface area (Å²) in [5, 5.41) is 2.55. The van der Waals surface area contributed by atoms with Gasteiger partial charge in [-0.1, -0.05) is 13.0 Å². The van der Waals surface area contributed by atoms with Gasteiger partial charge in [-0.25, -0.2) is 4.79 Å². The van der Waals surface area contributed by atoms with Gasteiger partial charge in [0.2, 0.25) is 0 Å². The van der Waals surface area contributed by atoms with E-state index in [1.54, 1.807) is 0 Å². The number of ether oxygens (including phenoxy) is 1. The van der Waals surface area contributed by atoms with Crippen LogP contribution in [-0.4, -0.2) is 28.7 Å². The van der Waals surface area contributed by atoms with Crippen LogP contribution in [0.1, 0.15) is 13.3 Å². The Morgan fingerprint density at radius 2 is 2.35 bits per heavy atom. The zero-order chi connectivity index (χ0) is 14.5. The van der Waals surface area contributed by atoms with E-state index in [0.717, 1.165) is 23.2 Å². The molecule has 2 amide bonds. The third-order valence-corrected chi connectivity index (χ3v) is 3.19. The van der Waals surface area contributed by atoms with Crippen molar-refractivity contribution in [2.45, 2.75) is 19.9 Å². The second kappa shape index (κ2) is 6.42. The Labute approximate surface area is 121 Å². The summed E-state index contributed by atoms with van der Waals surface area (Å²) in [5.74, 6) is 0.789. The molecule has 0 spiro atoms. The Bertz CT molecular complexity index is 662. The zero-order valence-electron chi connectivity index (χ0n) is 11.3. The molecule has 0 radical (unpaired) electrons. The first-order valence-electron chi connectivity index (χ1n) is 6.51. The molecule has 108 valence electrons. The largest absolute Gasteiger partial charge is 0.491 e. The average Bonchev–Trinajstić information content (AvgIpc) is 2.73. The molecule has 1 aromatic heterocycles. The van der Waals surface area contributed by atoms with E-state index >= 15 is 0 Å². The smallest absolute Gasteiger partial charge is 0.312 e. The third kappa shape index (κ3) is 3.11. The number of primary amides is 1. The normalized spacial score (nSPS) is 10.7. The molecule has 0 aliphatic heterocycles. The van der Waals surface area contributed by atoms with Crippen molar-refractivity contribution in [1.82, 2.24) is 14.9 Å². The molecule has 1 heterocycles. The number of para-hydroxylation sites is 1. The molecule has 2 rings (SSSR count). The van der Waals surface area contributed by atoms with Gasteiger partial charge in [0.25, 0.3) is 0 Å². The maximum absolute atomic E-state index is 10.7. The average molecular weight is 294 g/mol. The van der Waals surface area contributed by atoms with Crippen LogP contribution in [0.25, 0.3) is 11.0 Å². The highest BCUT2D eigenvalue weighted by Crippen LogP contribution is 2.24. The molecular formula is C13H18N4O2S. The molecular weight excluding hydrogens is 276 g/mol. The van der Waals surface area contributed by atoms with Crippen LogP contribution >= 0.6 is 12.2 Å². The molecule has 0 saturated heterocycles. The van der Waals surface area contributed by atoms with Crippen molar-refractivity contribution in [2.24, 2.45) is 5.73 Å². The Morgan fingerprint density at radius 1 is 1.55 bits per heavy atom. The predicted molar refractivity (Wildman–Crippen MR) is 80.5 cm³/mol. The number of fused-ring (bicyclic) bond motifs is 1. The van der Waals surface area contributed by atoms with E-state index in [-0.39, 0.29) is 0 Å². The molecule has 4 N–H and O–H groups in total. The lowest BCUT2D eigenvalue weighted by Gasteiger charge is -2.07. The van der Waals surface area contributed by atoms with Crippen LogP contribution < -0.4 is 15.8 Å². The number of benzene rings is 1. The molecule has 0 saturated carbocycles. The number of hydrogen-bond acceptors (Lipinski definition) is 3. The van der Waals surface area contributed by atoms with E-state index in [1.165, 1.54) is 0 Å². The molecule has 7 heteroatoms. The van der Waals surface area contributed by atoms with E-state index in [0.29, 0.717) is 24.5 Å². The lowest BCUT2D eigenvalue weighted by atomic mass is 10.3. The van der Waals surface area contributed by atoms with Gasteiger partial charge in [0, 0.05) is 13.1 Å². The first-order chi connectivity index (χ1) is 9.63. The van der Waals surface area contributed by atoms with Crippen molar-refractivity contribution in [2.75, 3.05) is 13.2 Å². The Kier molecular flexibility index (Phi) is 4.62. The molecule has 1 aromatic carbocycles. The second-order valence-corrected chi connectivity index (χ2v) is 4.76. The number of rotatable bonds is 6. The summed E-state index contributed by atoms with van der Waals surface area (Å²) in [6.07, 6.45) is 0.945. The fourth-order valence-corrected chi connectivity index (χ4v) is 2.29. The third-order valence-electron chi connectivity index (χ3n) is 2.87. The summed E-state index contributed by atoms with van der Waals surface area (Å²) in [5.41, 5.74) is 6.88. The monoisotopic (exact) mass is 294 g/mol. The van der Waals surface area contributed by atoms with E-state index in [1.807, 2.05) is 22.8 Å². The first-order valence-corrected chi connectivity index (χ1v) is 6.92. The van der Waals surface area contributed by atoms with Crippen LogP contribution in [0.5, 0.6) is 5.75 Å². The topological polar surface area (TPSA) is 85.1 Å². The highest BCUT2D eigenvalue weighted by Gasteiger charge is 2.09. The maximum atomic E-state index is 10.7. The number of hydrogen-bond donors (Lipinski definition) is 3. The molecule has 0 aliphatic carbocycles. The number of nitrogens with one attached hydrogen (secondary N) is 2. The Morgan fingerprint density at radius 3 is 3.05 bits per heavy atom. The number of nitrogens with zero attached hydrogens (tertiary/aromatic N) is 1. The second-order valence-electron chi connectivity index (χ2n) is 4.37. The van der Waals surface area contributed by atoms with Crippen LogP contribution in [0.4, 0.5) is 4.79 Å². The van der Waals surface area contributed by atoms with Gasteiger partial charge in [0.1, 0.15) is 11.3 Å². The van der Waals surface area contributed by atoms with Gasteiger partial charge >= 0.3 is 6.03 Å². The van der Waals surface area contributed by atoms with Gasteiger partial charge in [-0.05, 0) is 30.8 Å². The molecule has 0 bridgehead atoms. The Balaban J connectivity index is 2.29. The Hall–Kier alpha value is -2.02. The van der Waals surface area contributed by atoms with Crippen molar-refractivity contribution < 1.29 is 9.53 Å². The fourth-order valence-electron chi connectivity index (χ4n) is 2.00. The van der Waals surface area contributed by atoms with E-state index in [2.05, 4.69) is 17.2 Å². The number of carbonyl (C=O) groups is 1. The van der Waals surface area contributed by atoms with E-state index in [9.17, 15) is 4.79 Å². The highest BCUT2D eigenvalue weighted by atomic mass is 32.1. The standard InChI is InChI=1S/C13H18N4O2S/c1-2-8-19-10-5-3-4-9-11(10)16-13(20)17(9)7-6-15-12(14)18/h3-5H,2,6-8H2,1H3,(H,16,20)(H3,14,15,18). The van der Waals surface area contributed by atoms with Crippen molar-refractivity contribution in [1.29, 1.82) is 0 Å². The SMILES string of the molecule is CCCOc1cccc2c1[nH]c(=S)n2CCNC(N)=O. The van der Waals surface area contributed by atoms with Gasteiger partial charge in [-0.2, -0.15) is 0 Å². The zero-order valence-corrected chi connectivity index (χ0v) is 12.1.